The highest BCUT2D eigenvalue weighted by molar-refractivity contribution is 6.03. The Hall–Kier alpha value is -2.25. The third-order valence-corrected chi connectivity index (χ3v) is 4.98. The van der Waals surface area contributed by atoms with Crippen LogP contribution in [0.15, 0.2) is 22.9 Å². The molecule has 0 spiro atoms. The molecule has 3 N–H and O–H groups in total. The molecule has 1 aromatic carbocycles. The second-order valence-corrected chi connectivity index (χ2v) is 6.54. The first-order valence-corrected chi connectivity index (χ1v) is 8.70. The molecule has 2 aliphatic heterocycles. The van der Waals surface area contributed by atoms with Gasteiger partial charge in [0.1, 0.15) is 11.6 Å². The summed E-state index contributed by atoms with van der Waals surface area (Å²) in [6.07, 6.45) is 3.71. The number of anilines is 1. The molecule has 1 saturated heterocycles. The van der Waals surface area contributed by atoms with E-state index in [2.05, 4.69) is 20.9 Å². The highest BCUT2D eigenvalue weighted by atomic mass is 19.1. The van der Waals surface area contributed by atoms with Crippen molar-refractivity contribution < 1.29 is 13.6 Å². The van der Waals surface area contributed by atoms with Crippen molar-refractivity contribution in [2.45, 2.75) is 31.7 Å². The summed E-state index contributed by atoms with van der Waals surface area (Å²) in [6.45, 7) is 3.17. The molecule has 1 fully saturated rings. The molecule has 1 amide bonds. The van der Waals surface area contributed by atoms with Crippen LogP contribution in [0.2, 0.25) is 0 Å². The first-order chi connectivity index (χ1) is 12.2. The fourth-order valence-electron chi connectivity index (χ4n) is 3.61. The number of piperidine rings is 1. The molecular weight excluding hydrogens is 323 g/mol. The topological polar surface area (TPSA) is 79.2 Å². The summed E-state index contributed by atoms with van der Waals surface area (Å²) in [7, 11) is 0. The van der Waals surface area contributed by atoms with Crippen molar-refractivity contribution in [2.24, 2.45) is 0 Å². The average Bonchev–Trinajstić information content (AvgIpc) is 3.15. The highest BCUT2D eigenvalue weighted by Gasteiger charge is 2.27. The number of hydrogen-bond acceptors (Lipinski definition) is 5. The standard InChI is InChI=1S/C18H21FN4O2/c19-15-13-5-8-21-9-12(13)1-2-14(15)23-18(24)16-17(25-10-22-16)11-3-6-20-7-4-11/h1-2,10-11,20-21H,3-9H2,(H,23,24). The van der Waals surface area contributed by atoms with Gasteiger partial charge in [0.25, 0.3) is 5.91 Å². The molecule has 2 aromatic rings. The quantitative estimate of drug-likeness (QED) is 0.795. The average molecular weight is 344 g/mol. The van der Waals surface area contributed by atoms with Gasteiger partial charge in [-0.15, -0.1) is 0 Å². The Bertz CT molecular complexity index is 783. The maximum Gasteiger partial charge on any atom is 0.278 e. The lowest BCUT2D eigenvalue weighted by atomic mass is 9.94. The summed E-state index contributed by atoms with van der Waals surface area (Å²) in [5, 5.41) is 9.17. The summed E-state index contributed by atoms with van der Waals surface area (Å²) < 4.78 is 20.2. The largest absolute Gasteiger partial charge is 0.447 e. The van der Waals surface area contributed by atoms with Crippen molar-refractivity contribution in [1.82, 2.24) is 15.6 Å². The van der Waals surface area contributed by atoms with Gasteiger partial charge in [0, 0.05) is 12.5 Å². The van der Waals surface area contributed by atoms with Crippen LogP contribution in [0.3, 0.4) is 0 Å². The molecule has 0 aliphatic carbocycles. The van der Waals surface area contributed by atoms with Gasteiger partial charge in [0.15, 0.2) is 12.1 Å². The Labute approximate surface area is 145 Å². The number of rotatable bonds is 3. The lowest BCUT2D eigenvalue weighted by Gasteiger charge is -2.21. The predicted molar refractivity (Wildman–Crippen MR) is 91.1 cm³/mol. The minimum atomic E-state index is -0.421. The van der Waals surface area contributed by atoms with E-state index in [-0.39, 0.29) is 23.1 Å². The maximum absolute atomic E-state index is 14.7. The molecule has 0 bridgehead atoms. The number of carbonyl (C=O) groups is 1. The molecule has 0 saturated carbocycles. The summed E-state index contributed by atoms with van der Waals surface area (Å²) in [5.74, 6) is -0.000138. The number of nitrogens with one attached hydrogen (secondary N) is 3. The van der Waals surface area contributed by atoms with E-state index < -0.39 is 5.91 Å². The van der Waals surface area contributed by atoms with E-state index in [1.807, 2.05) is 6.07 Å². The minimum Gasteiger partial charge on any atom is -0.447 e. The second-order valence-electron chi connectivity index (χ2n) is 6.54. The van der Waals surface area contributed by atoms with Gasteiger partial charge in [-0.3, -0.25) is 4.79 Å². The molecule has 7 heteroatoms. The second kappa shape index (κ2) is 6.93. The lowest BCUT2D eigenvalue weighted by molar-refractivity contribution is 0.101. The van der Waals surface area contributed by atoms with Gasteiger partial charge < -0.3 is 20.4 Å². The molecule has 3 heterocycles. The highest BCUT2D eigenvalue weighted by Crippen LogP contribution is 2.29. The number of fused-ring (bicyclic) bond motifs is 1. The Morgan fingerprint density at radius 1 is 1.24 bits per heavy atom. The van der Waals surface area contributed by atoms with Crippen LogP contribution in [0.4, 0.5) is 10.1 Å². The number of oxazole rings is 1. The normalized spacial score (nSPS) is 18.0. The van der Waals surface area contributed by atoms with Crippen molar-refractivity contribution in [1.29, 1.82) is 0 Å². The number of hydrogen-bond donors (Lipinski definition) is 3. The minimum absolute atomic E-state index is 0.170. The van der Waals surface area contributed by atoms with E-state index in [4.69, 9.17) is 4.42 Å². The monoisotopic (exact) mass is 344 g/mol. The van der Waals surface area contributed by atoms with Gasteiger partial charge in [0.05, 0.1) is 5.69 Å². The zero-order valence-corrected chi connectivity index (χ0v) is 13.9. The zero-order chi connectivity index (χ0) is 17.2. The van der Waals surface area contributed by atoms with Crippen LogP contribution >= 0.6 is 0 Å². The Morgan fingerprint density at radius 3 is 2.92 bits per heavy atom. The fraction of sp³-hybridized carbons (Fsp3) is 0.444. The molecular formula is C18H21FN4O2. The van der Waals surface area contributed by atoms with Crippen molar-refractivity contribution >= 4 is 11.6 Å². The van der Waals surface area contributed by atoms with Crippen LogP contribution in [-0.2, 0) is 13.0 Å². The van der Waals surface area contributed by atoms with E-state index in [0.29, 0.717) is 24.3 Å². The van der Waals surface area contributed by atoms with Gasteiger partial charge in [-0.2, -0.15) is 0 Å². The molecule has 0 unspecified atom stereocenters. The zero-order valence-electron chi connectivity index (χ0n) is 13.9. The fourth-order valence-corrected chi connectivity index (χ4v) is 3.61. The van der Waals surface area contributed by atoms with Crippen LogP contribution in [0, 0.1) is 5.82 Å². The number of carbonyl (C=O) groups excluding carboxylic acids is 1. The van der Waals surface area contributed by atoms with E-state index in [0.717, 1.165) is 38.0 Å². The van der Waals surface area contributed by atoms with Crippen LogP contribution in [0.1, 0.15) is 46.1 Å². The van der Waals surface area contributed by atoms with Gasteiger partial charge in [0.2, 0.25) is 0 Å². The number of amides is 1. The predicted octanol–water partition coefficient (Wildman–Crippen LogP) is 2.18. The van der Waals surface area contributed by atoms with E-state index in [1.165, 1.54) is 6.39 Å². The summed E-state index contributed by atoms with van der Waals surface area (Å²) >= 11 is 0. The smallest absolute Gasteiger partial charge is 0.278 e. The first kappa shape index (κ1) is 16.2. The van der Waals surface area contributed by atoms with Gasteiger partial charge in [-0.25, -0.2) is 9.37 Å². The third-order valence-electron chi connectivity index (χ3n) is 4.98. The Kier molecular flexibility index (Phi) is 4.50. The van der Waals surface area contributed by atoms with Crippen molar-refractivity contribution in [3.05, 3.63) is 46.9 Å². The number of benzene rings is 1. The molecule has 4 rings (SSSR count). The molecule has 0 radical (unpaired) electrons. The van der Waals surface area contributed by atoms with Gasteiger partial charge >= 0.3 is 0 Å². The molecule has 0 atom stereocenters. The number of aromatic nitrogens is 1. The molecule has 6 nitrogen and oxygen atoms in total. The summed E-state index contributed by atoms with van der Waals surface area (Å²) in [5.41, 5.74) is 2.07. The summed E-state index contributed by atoms with van der Waals surface area (Å²) in [4.78, 5) is 16.7. The first-order valence-electron chi connectivity index (χ1n) is 8.70. The van der Waals surface area contributed by atoms with E-state index >= 15 is 0 Å². The molecule has 132 valence electrons. The van der Waals surface area contributed by atoms with Crippen LogP contribution in [0.25, 0.3) is 0 Å². The lowest BCUT2D eigenvalue weighted by Crippen LogP contribution is -2.28. The third kappa shape index (κ3) is 3.17. The molecule has 2 aliphatic rings. The van der Waals surface area contributed by atoms with Crippen molar-refractivity contribution in [3.8, 4) is 0 Å². The van der Waals surface area contributed by atoms with Crippen molar-refractivity contribution in [3.63, 3.8) is 0 Å². The number of halogens is 1. The Morgan fingerprint density at radius 2 is 2.08 bits per heavy atom. The van der Waals surface area contributed by atoms with Crippen LogP contribution in [0.5, 0.6) is 0 Å². The molecule has 1 aromatic heterocycles. The van der Waals surface area contributed by atoms with Gasteiger partial charge in [-0.1, -0.05) is 6.07 Å². The van der Waals surface area contributed by atoms with E-state index in [1.54, 1.807) is 6.07 Å². The number of nitrogens with zero attached hydrogens (tertiary/aromatic N) is 1. The SMILES string of the molecule is O=C(Nc1ccc2c(c1F)CCNC2)c1ncoc1C1CCNCC1. The van der Waals surface area contributed by atoms with Crippen molar-refractivity contribution in [2.75, 3.05) is 25.0 Å². The Balaban J connectivity index is 1.56. The van der Waals surface area contributed by atoms with Crippen LogP contribution < -0.4 is 16.0 Å². The summed E-state index contributed by atoms with van der Waals surface area (Å²) in [6, 6.07) is 3.47. The molecule has 25 heavy (non-hydrogen) atoms. The van der Waals surface area contributed by atoms with Crippen LogP contribution in [-0.4, -0.2) is 30.5 Å². The van der Waals surface area contributed by atoms with Gasteiger partial charge in [-0.05, 0) is 56.1 Å². The maximum atomic E-state index is 14.7. The van der Waals surface area contributed by atoms with E-state index in [9.17, 15) is 9.18 Å².